The van der Waals surface area contributed by atoms with Gasteiger partial charge in [-0.2, -0.15) is 0 Å². The summed E-state index contributed by atoms with van der Waals surface area (Å²) < 4.78 is 0. The summed E-state index contributed by atoms with van der Waals surface area (Å²) in [6.07, 6.45) is 0. The minimum absolute atomic E-state index is 0.500. The Kier molecular flexibility index (Phi) is 7.50. The summed E-state index contributed by atoms with van der Waals surface area (Å²) in [6.45, 7) is 9.23. The van der Waals surface area contributed by atoms with Crippen molar-refractivity contribution in [3.8, 4) is 0 Å². The molecule has 0 heterocycles. The molecular formula is C11H22N4O3. The van der Waals surface area contributed by atoms with E-state index in [1.54, 1.807) is 0 Å². The molecule has 0 aliphatic rings. The molecule has 0 atom stereocenters. The van der Waals surface area contributed by atoms with E-state index in [1.165, 1.54) is 9.80 Å². The van der Waals surface area contributed by atoms with Gasteiger partial charge < -0.3 is 9.80 Å². The highest BCUT2D eigenvalue weighted by molar-refractivity contribution is 6.01. The number of amides is 6. The molecule has 0 unspecified atom stereocenters. The quantitative estimate of drug-likeness (QED) is 0.795. The van der Waals surface area contributed by atoms with Crippen LogP contribution in [0.2, 0.25) is 0 Å². The fourth-order valence-corrected chi connectivity index (χ4v) is 1.41. The van der Waals surface area contributed by atoms with Crippen molar-refractivity contribution < 1.29 is 14.4 Å². The molecule has 0 rings (SSSR count). The second-order valence-corrected chi connectivity index (χ2v) is 3.53. The minimum Gasteiger partial charge on any atom is -0.325 e. The maximum atomic E-state index is 11.5. The van der Waals surface area contributed by atoms with Crippen LogP contribution in [0, 0.1) is 0 Å². The van der Waals surface area contributed by atoms with Gasteiger partial charge in [0.25, 0.3) is 0 Å². The fraction of sp³-hybridized carbons (Fsp3) is 0.727. The lowest BCUT2D eigenvalue weighted by Crippen LogP contribution is -2.51. The van der Waals surface area contributed by atoms with E-state index in [1.807, 2.05) is 27.7 Å². The molecule has 0 saturated heterocycles. The molecule has 0 radical (unpaired) electrons. The van der Waals surface area contributed by atoms with Crippen LogP contribution < -0.4 is 10.6 Å². The third-order valence-corrected chi connectivity index (χ3v) is 2.54. The predicted molar refractivity (Wildman–Crippen MR) is 68.3 cm³/mol. The molecule has 7 heteroatoms. The molecule has 104 valence electrons. The average Bonchev–Trinajstić information content (AvgIpc) is 2.31. The predicted octanol–water partition coefficient (Wildman–Crippen LogP) is 1.21. The number of hydrogen-bond acceptors (Lipinski definition) is 3. The van der Waals surface area contributed by atoms with Gasteiger partial charge in [0.1, 0.15) is 0 Å². The number of imide groups is 2. The standard InChI is InChI=1S/C11H22N4O3/c1-5-14(6-2)10(17)12-9(16)13-11(18)15(7-3)8-4/h5-8H2,1-4H3,(H2,12,13,16,17,18). The van der Waals surface area contributed by atoms with Gasteiger partial charge in [-0.25, -0.2) is 14.4 Å². The summed E-state index contributed by atoms with van der Waals surface area (Å²) in [4.78, 5) is 37.4. The molecule has 0 spiro atoms. The van der Waals surface area contributed by atoms with Crippen LogP contribution in [0.5, 0.6) is 0 Å². The number of urea groups is 3. The van der Waals surface area contributed by atoms with Crippen LogP contribution >= 0.6 is 0 Å². The summed E-state index contributed by atoms with van der Waals surface area (Å²) in [7, 11) is 0. The zero-order chi connectivity index (χ0) is 14.1. The van der Waals surface area contributed by atoms with Gasteiger partial charge in [-0.3, -0.25) is 10.6 Å². The maximum absolute atomic E-state index is 11.5. The minimum atomic E-state index is -0.802. The highest BCUT2D eigenvalue weighted by Crippen LogP contribution is 1.90. The first-order valence-corrected chi connectivity index (χ1v) is 6.15. The lowest BCUT2D eigenvalue weighted by atomic mass is 10.5. The Morgan fingerprint density at radius 1 is 0.722 bits per heavy atom. The molecule has 0 bridgehead atoms. The van der Waals surface area contributed by atoms with Crippen molar-refractivity contribution in [1.82, 2.24) is 20.4 Å². The summed E-state index contributed by atoms with van der Waals surface area (Å²) in [5, 5.41) is 4.21. The van der Waals surface area contributed by atoms with E-state index in [2.05, 4.69) is 10.6 Å². The molecule has 0 fully saturated rings. The Morgan fingerprint density at radius 3 is 1.22 bits per heavy atom. The highest BCUT2D eigenvalue weighted by Gasteiger charge is 2.17. The van der Waals surface area contributed by atoms with E-state index >= 15 is 0 Å². The van der Waals surface area contributed by atoms with Crippen molar-refractivity contribution in [3.05, 3.63) is 0 Å². The van der Waals surface area contributed by atoms with E-state index in [-0.39, 0.29) is 0 Å². The summed E-state index contributed by atoms with van der Waals surface area (Å²) >= 11 is 0. The van der Waals surface area contributed by atoms with Crippen LogP contribution in [-0.2, 0) is 0 Å². The van der Waals surface area contributed by atoms with Crippen molar-refractivity contribution in [2.24, 2.45) is 0 Å². The number of carbonyl (C=O) groups excluding carboxylic acids is 3. The third-order valence-electron chi connectivity index (χ3n) is 2.54. The molecular weight excluding hydrogens is 236 g/mol. The molecule has 0 aromatic rings. The van der Waals surface area contributed by atoms with Gasteiger partial charge in [0.05, 0.1) is 0 Å². The van der Waals surface area contributed by atoms with Crippen LogP contribution in [0.3, 0.4) is 0 Å². The van der Waals surface area contributed by atoms with Crippen LogP contribution in [0.1, 0.15) is 27.7 Å². The molecule has 0 aliphatic heterocycles. The monoisotopic (exact) mass is 258 g/mol. The number of nitrogens with zero attached hydrogens (tertiary/aromatic N) is 2. The highest BCUT2D eigenvalue weighted by atomic mass is 16.2. The van der Waals surface area contributed by atoms with Gasteiger partial charge in [0, 0.05) is 26.2 Å². The smallest absolute Gasteiger partial charge is 0.325 e. The summed E-state index contributed by atoms with van der Waals surface area (Å²) in [5.41, 5.74) is 0. The lowest BCUT2D eigenvalue weighted by molar-refractivity contribution is 0.192. The van der Waals surface area contributed by atoms with Gasteiger partial charge in [-0.1, -0.05) is 0 Å². The Labute approximate surface area is 107 Å². The third kappa shape index (κ3) is 5.03. The Morgan fingerprint density at radius 2 is 1.00 bits per heavy atom. The summed E-state index contributed by atoms with van der Waals surface area (Å²) in [5.74, 6) is 0. The van der Waals surface area contributed by atoms with Gasteiger partial charge >= 0.3 is 18.1 Å². The molecule has 2 N–H and O–H groups in total. The number of nitrogens with one attached hydrogen (secondary N) is 2. The van der Waals surface area contributed by atoms with Crippen LogP contribution in [0.25, 0.3) is 0 Å². The molecule has 7 nitrogen and oxygen atoms in total. The molecule has 6 amide bonds. The van der Waals surface area contributed by atoms with Crippen LogP contribution in [0.4, 0.5) is 14.4 Å². The zero-order valence-corrected chi connectivity index (χ0v) is 11.4. The summed E-state index contributed by atoms with van der Waals surface area (Å²) in [6, 6.07) is -1.82. The normalized spacial score (nSPS) is 9.56. The Bertz CT molecular complexity index is 271. The van der Waals surface area contributed by atoms with Crippen molar-refractivity contribution >= 4 is 18.1 Å². The Hall–Kier alpha value is -1.79. The van der Waals surface area contributed by atoms with Gasteiger partial charge in [-0.15, -0.1) is 0 Å². The molecule has 18 heavy (non-hydrogen) atoms. The van der Waals surface area contributed by atoms with Gasteiger partial charge in [-0.05, 0) is 27.7 Å². The molecule has 0 aliphatic carbocycles. The van der Waals surface area contributed by atoms with E-state index in [4.69, 9.17) is 0 Å². The number of carbonyl (C=O) groups is 3. The first-order chi connectivity index (χ1) is 8.49. The Balaban J connectivity index is 4.26. The van der Waals surface area contributed by atoms with Gasteiger partial charge in [0.2, 0.25) is 0 Å². The largest absolute Gasteiger partial charge is 0.330 e. The molecule has 0 saturated carbocycles. The van der Waals surface area contributed by atoms with Crippen molar-refractivity contribution in [2.75, 3.05) is 26.2 Å². The first-order valence-electron chi connectivity index (χ1n) is 6.15. The van der Waals surface area contributed by atoms with Crippen molar-refractivity contribution in [2.45, 2.75) is 27.7 Å². The topological polar surface area (TPSA) is 81.8 Å². The molecule has 0 aromatic heterocycles. The second kappa shape index (κ2) is 8.32. The van der Waals surface area contributed by atoms with E-state index in [0.29, 0.717) is 26.2 Å². The fourth-order valence-electron chi connectivity index (χ4n) is 1.41. The van der Waals surface area contributed by atoms with Crippen LogP contribution in [0.15, 0.2) is 0 Å². The zero-order valence-electron chi connectivity index (χ0n) is 11.4. The SMILES string of the molecule is CCN(CC)C(=O)NC(=O)NC(=O)N(CC)CC. The lowest BCUT2D eigenvalue weighted by Gasteiger charge is -2.20. The average molecular weight is 258 g/mol. The van der Waals surface area contributed by atoms with Crippen molar-refractivity contribution in [1.29, 1.82) is 0 Å². The number of hydrogen-bond donors (Lipinski definition) is 2. The van der Waals surface area contributed by atoms with E-state index < -0.39 is 18.1 Å². The molecule has 0 aromatic carbocycles. The van der Waals surface area contributed by atoms with Crippen molar-refractivity contribution in [3.63, 3.8) is 0 Å². The van der Waals surface area contributed by atoms with Gasteiger partial charge in [0.15, 0.2) is 0 Å². The first kappa shape index (κ1) is 16.2. The maximum Gasteiger partial charge on any atom is 0.330 e. The number of rotatable bonds is 4. The van der Waals surface area contributed by atoms with E-state index in [0.717, 1.165) is 0 Å². The van der Waals surface area contributed by atoms with E-state index in [9.17, 15) is 14.4 Å². The second-order valence-electron chi connectivity index (χ2n) is 3.53. The van der Waals surface area contributed by atoms with Crippen LogP contribution in [-0.4, -0.2) is 54.1 Å².